The number of carbonyl (C=O) groups excluding carboxylic acids is 2. The van der Waals surface area contributed by atoms with Gasteiger partial charge in [0.2, 0.25) is 0 Å². The zero-order chi connectivity index (χ0) is 30.3. The van der Waals surface area contributed by atoms with Gasteiger partial charge in [0, 0.05) is 41.8 Å². The number of ether oxygens (including phenoxy) is 2. The van der Waals surface area contributed by atoms with Crippen LogP contribution in [0.2, 0.25) is 0 Å². The molecule has 8 nitrogen and oxygen atoms in total. The van der Waals surface area contributed by atoms with Gasteiger partial charge in [-0.05, 0) is 72.8 Å². The van der Waals surface area contributed by atoms with Crippen LogP contribution < -0.4 is 0 Å². The second-order valence-electron chi connectivity index (χ2n) is 13.9. The molecule has 2 aromatic rings. The minimum Gasteiger partial charge on any atom is -0.393 e. The van der Waals surface area contributed by atoms with Gasteiger partial charge in [-0.25, -0.2) is 0 Å². The van der Waals surface area contributed by atoms with E-state index in [1.807, 2.05) is 54.3 Å². The predicted molar refractivity (Wildman–Crippen MR) is 157 cm³/mol. The molecular formula is C35H41NO7. The largest absolute Gasteiger partial charge is 0.393 e. The minimum absolute atomic E-state index is 0.00168. The molecule has 43 heavy (non-hydrogen) atoms. The molecule has 1 saturated heterocycles. The lowest BCUT2D eigenvalue weighted by Crippen LogP contribution is -2.63. The Kier molecular flexibility index (Phi) is 6.76. The third kappa shape index (κ3) is 4.07. The maximum Gasteiger partial charge on any atom is 0.193 e. The van der Waals surface area contributed by atoms with Crippen LogP contribution in [0.3, 0.4) is 0 Å². The van der Waals surface area contributed by atoms with Crippen molar-refractivity contribution in [2.24, 2.45) is 35.6 Å². The van der Waals surface area contributed by atoms with Gasteiger partial charge in [-0.1, -0.05) is 49.8 Å². The van der Waals surface area contributed by atoms with Gasteiger partial charge in [-0.2, -0.15) is 0 Å². The molecule has 0 spiro atoms. The molecule has 3 saturated carbocycles. The minimum atomic E-state index is -1.39. The van der Waals surface area contributed by atoms with E-state index in [-0.39, 0.29) is 30.1 Å². The summed E-state index contributed by atoms with van der Waals surface area (Å²) in [4.78, 5) is 26.1. The summed E-state index contributed by atoms with van der Waals surface area (Å²) in [5.74, 6) is -0.323. The highest BCUT2D eigenvalue weighted by molar-refractivity contribution is 6.01. The van der Waals surface area contributed by atoms with Crippen LogP contribution in [0, 0.1) is 28.6 Å². The number of benzene rings is 1. The zero-order valence-corrected chi connectivity index (χ0v) is 25.0. The summed E-state index contributed by atoms with van der Waals surface area (Å²) in [5.41, 5.74) is 2.25. The molecule has 0 radical (unpaired) electrons. The maximum absolute atomic E-state index is 13.9. The summed E-state index contributed by atoms with van der Waals surface area (Å²) in [6.45, 7) is 3.49. The van der Waals surface area contributed by atoms with E-state index in [4.69, 9.17) is 9.47 Å². The van der Waals surface area contributed by atoms with Gasteiger partial charge >= 0.3 is 0 Å². The molecule has 0 amide bonds. The highest BCUT2D eigenvalue weighted by Gasteiger charge is 2.76. The van der Waals surface area contributed by atoms with Crippen LogP contribution in [-0.2, 0) is 39.1 Å². The molecule has 5 aliphatic rings. The topological polar surface area (TPSA) is 118 Å². The summed E-state index contributed by atoms with van der Waals surface area (Å²) < 4.78 is 15.5. The molecular weight excluding hydrogens is 546 g/mol. The molecule has 4 aliphatic carbocycles. The molecule has 9 atom stereocenters. The Bertz CT molecular complexity index is 1540. The van der Waals surface area contributed by atoms with Crippen molar-refractivity contribution < 1.29 is 34.4 Å². The van der Waals surface area contributed by atoms with Crippen molar-refractivity contribution in [2.45, 2.75) is 76.7 Å². The molecule has 1 aromatic carbocycles. The van der Waals surface area contributed by atoms with E-state index < -0.39 is 47.3 Å². The summed E-state index contributed by atoms with van der Waals surface area (Å²) in [6.07, 6.45) is 10.4. The monoisotopic (exact) mass is 587 g/mol. The molecule has 2 heterocycles. The average Bonchev–Trinajstić information content (AvgIpc) is 3.62. The van der Waals surface area contributed by atoms with Crippen LogP contribution in [0.15, 0.2) is 60.5 Å². The van der Waals surface area contributed by atoms with Gasteiger partial charge in [0.05, 0.1) is 18.8 Å². The summed E-state index contributed by atoms with van der Waals surface area (Å²) in [5, 5.41) is 31.8. The van der Waals surface area contributed by atoms with Crippen molar-refractivity contribution in [1.82, 2.24) is 4.57 Å². The number of rotatable bonds is 6. The van der Waals surface area contributed by atoms with Crippen LogP contribution >= 0.6 is 0 Å². The number of hydrogen-bond acceptors (Lipinski definition) is 7. The fourth-order valence-electron chi connectivity index (χ4n) is 9.90. The van der Waals surface area contributed by atoms with E-state index in [2.05, 4.69) is 13.8 Å². The van der Waals surface area contributed by atoms with Crippen molar-refractivity contribution in [3.05, 3.63) is 82.7 Å². The van der Waals surface area contributed by atoms with Crippen LogP contribution in [0.5, 0.6) is 0 Å². The first-order valence-electron chi connectivity index (χ1n) is 15.5. The highest BCUT2D eigenvalue weighted by atomic mass is 16.7. The van der Waals surface area contributed by atoms with Crippen molar-refractivity contribution in [3.63, 3.8) is 0 Å². The SMILES string of the molecule is Cn1cc(Cc2cccc(CO)c2)c([C@@H]2O[C@@H]3C[C@H]4[C@@H]5CCC6=CC(=O)C=C[C@]6(C)[C@H]5[C@@H](O)C[C@]4(C)[C@]3(C(=O)CO)O2)c1. The molecule has 0 bridgehead atoms. The van der Waals surface area contributed by atoms with Crippen molar-refractivity contribution in [3.8, 4) is 0 Å². The van der Waals surface area contributed by atoms with Gasteiger partial charge < -0.3 is 29.4 Å². The van der Waals surface area contributed by atoms with Gasteiger partial charge in [-0.15, -0.1) is 0 Å². The summed E-state index contributed by atoms with van der Waals surface area (Å²) >= 11 is 0. The Labute approximate surface area is 252 Å². The number of aliphatic hydroxyl groups is 3. The third-order valence-corrected chi connectivity index (χ3v) is 11.7. The molecule has 8 heteroatoms. The number of Topliss-reactive ketones (excluding diaryl/α,β-unsaturated/α-hetero) is 1. The predicted octanol–water partition coefficient (Wildman–Crippen LogP) is 3.71. The second-order valence-corrected chi connectivity index (χ2v) is 13.9. The molecule has 4 fully saturated rings. The summed E-state index contributed by atoms with van der Waals surface area (Å²) in [7, 11) is 1.94. The molecule has 0 unspecified atom stereocenters. The van der Waals surface area contributed by atoms with Gasteiger partial charge in [0.15, 0.2) is 23.5 Å². The normalized spacial score (nSPS) is 39.6. The van der Waals surface area contributed by atoms with E-state index in [0.717, 1.165) is 40.7 Å². The third-order valence-electron chi connectivity index (χ3n) is 11.7. The number of aromatic nitrogens is 1. The van der Waals surface area contributed by atoms with Crippen LogP contribution in [-0.4, -0.2) is 55.9 Å². The van der Waals surface area contributed by atoms with Crippen molar-refractivity contribution >= 4 is 11.6 Å². The molecule has 1 aliphatic heterocycles. The first kappa shape index (κ1) is 28.9. The fourth-order valence-corrected chi connectivity index (χ4v) is 9.90. The lowest BCUT2D eigenvalue weighted by molar-refractivity contribution is -0.201. The Hall–Kier alpha value is -2.88. The highest BCUT2D eigenvalue weighted by Crippen LogP contribution is 2.70. The Morgan fingerprint density at radius 3 is 2.72 bits per heavy atom. The number of hydrogen-bond donors (Lipinski definition) is 3. The first-order valence-corrected chi connectivity index (χ1v) is 15.5. The molecule has 1 aromatic heterocycles. The zero-order valence-electron chi connectivity index (χ0n) is 25.0. The Morgan fingerprint density at radius 1 is 1.16 bits per heavy atom. The summed E-state index contributed by atoms with van der Waals surface area (Å²) in [6, 6.07) is 7.82. The van der Waals surface area contributed by atoms with Gasteiger partial charge in [-0.3, -0.25) is 9.59 Å². The number of carbonyl (C=O) groups is 2. The number of aliphatic hydroxyl groups excluding tert-OH is 3. The van der Waals surface area contributed by atoms with Crippen LogP contribution in [0.25, 0.3) is 0 Å². The van der Waals surface area contributed by atoms with E-state index in [9.17, 15) is 24.9 Å². The van der Waals surface area contributed by atoms with Crippen molar-refractivity contribution in [1.29, 1.82) is 0 Å². The van der Waals surface area contributed by atoms with Crippen molar-refractivity contribution in [2.75, 3.05) is 6.61 Å². The average molecular weight is 588 g/mol. The van der Waals surface area contributed by atoms with Gasteiger partial charge in [0.1, 0.15) is 6.61 Å². The van der Waals surface area contributed by atoms with E-state index in [0.29, 0.717) is 19.3 Å². The number of aryl methyl sites for hydroxylation is 1. The number of fused-ring (bicyclic) bond motifs is 7. The number of nitrogens with zero attached hydrogens (tertiary/aromatic N) is 1. The van der Waals surface area contributed by atoms with Crippen LogP contribution in [0.1, 0.15) is 68.1 Å². The van der Waals surface area contributed by atoms with E-state index >= 15 is 0 Å². The quantitative estimate of drug-likeness (QED) is 0.472. The Morgan fingerprint density at radius 2 is 1.95 bits per heavy atom. The van der Waals surface area contributed by atoms with E-state index in [1.54, 1.807) is 12.2 Å². The fraction of sp³-hybridized carbons (Fsp3) is 0.543. The number of ketones is 2. The maximum atomic E-state index is 13.9. The Balaban J connectivity index is 1.23. The molecule has 3 N–H and O–H groups in total. The number of allylic oxidation sites excluding steroid dienone is 4. The first-order chi connectivity index (χ1) is 20.5. The second kappa shape index (κ2) is 10.1. The smallest absolute Gasteiger partial charge is 0.193 e. The van der Waals surface area contributed by atoms with Gasteiger partial charge in [0.25, 0.3) is 0 Å². The van der Waals surface area contributed by atoms with E-state index in [1.165, 1.54) is 0 Å². The molecule has 7 rings (SSSR count). The van der Waals surface area contributed by atoms with Crippen LogP contribution in [0.4, 0.5) is 0 Å². The standard InChI is InChI=1S/C35H41NO7/c1-33-10-9-24(39)13-23(33)7-8-25-27-14-30-35(29(41)19-38,34(27,2)15-28(40)31(25)33)43-32(42-30)26-17-36(3)16-22(26)12-20-5-4-6-21(11-20)18-37/h4-6,9-11,13,16-17,25,27-28,30-32,37-38,40H,7-8,12,14-15,18-19H2,1-3H3/t25-,27-,28-,30+,31+,32+,33-,34-,35+/m0/s1. The lowest BCUT2D eigenvalue weighted by atomic mass is 9.46. The lowest BCUT2D eigenvalue weighted by Gasteiger charge is -2.59. The molecule has 228 valence electrons.